The van der Waals surface area contributed by atoms with Gasteiger partial charge < -0.3 is 14.1 Å². The number of hydrogen-bond donors (Lipinski definition) is 0. The van der Waals surface area contributed by atoms with Crippen LogP contribution in [0.25, 0.3) is 20.9 Å². The van der Waals surface area contributed by atoms with E-state index in [1.54, 1.807) is 19.1 Å². The Morgan fingerprint density at radius 2 is 2.06 bits per heavy atom. The summed E-state index contributed by atoms with van der Waals surface area (Å²) in [5.41, 5.74) is 0.512. The van der Waals surface area contributed by atoms with Gasteiger partial charge >= 0.3 is 5.97 Å². The van der Waals surface area contributed by atoms with Crippen LogP contribution in [0.5, 0.6) is 0 Å². The molecule has 7 nitrogen and oxygen atoms in total. The van der Waals surface area contributed by atoms with Crippen LogP contribution in [-0.4, -0.2) is 40.1 Å². The van der Waals surface area contributed by atoms with Crippen LogP contribution >= 0.6 is 22.7 Å². The highest BCUT2D eigenvalue weighted by molar-refractivity contribution is 7.21. The molecule has 10 heteroatoms. The van der Waals surface area contributed by atoms with Crippen LogP contribution in [0.4, 0.5) is 4.39 Å². The summed E-state index contributed by atoms with van der Waals surface area (Å²) in [5, 5.41) is 10.4. The van der Waals surface area contributed by atoms with E-state index in [1.807, 2.05) is 24.4 Å². The molecule has 1 aromatic carbocycles. The van der Waals surface area contributed by atoms with Gasteiger partial charge in [-0.15, -0.1) is 32.9 Å². The minimum atomic E-state index is -0.648. The summed E-state index contributed by atoms with van der Waals surface area (Å²) in [6.07, 6.45) is 0.709. The van der Waals surface area contributed by atoms with Crippen LogP contribution in [0.15, 0.2) is 40.1 Å². The molecule has 0 saturated heterocycles. The number of aryl methyl sites for hydroxylation is 1. The van der Waals surface area contributed by atoms with Crippen molar-refractivity contribution in [3.63, 3.8) is 0 Å². The molecule has 0 aliphatic heterocycles. The topological polar surface area (TPSA) is 85.5 Å². The van der Waals surface area contributed by atoms with Gasteiger partial charge in [-0.05, 0) is 42.5 Å². The maximum absolute atomic E-state index is 14.1. The van der Waals surface area contributed by atoms with Crippen LogP contribution in [0.3, 0.4) is 0 Å². The van der Waals surface area contributed by atoms with E-state index in [1.165, 1.54) is 22.3 Å². The van der Waals surface area contributed by atoms with Crippen molar-refractivity contribution in [3.05, 3.63) is 57.9 Å². The molecule has 0 saturated carbocycles. The molecular formula is C22H20FN3O4S2. The molecule has 32 heavy (non-hydrogen) atoms. The van der Waals surface area contributed by atoms with Crippen LogP contribution in [0, 0.1) is 12.7 Å². The number of halogens is 1. The lowest BCUT2D eigenvalue weighted by molar-refractivity contribution is -0.135. The smallest absolute Gasteiger partial charge is 0.349 e. The lowest BCUT2D eigenvalue weighted by atomic mass is 10.1. The average Bonchev–Trinajstić information content (AvgIpc) is 3.52. The van der Waals surface area contributed by atoms with E-state index >= 15 is 0 Å². The molecule has 0 N–H and O–H groups in total. The molecule has 0 unspecified atom stereocenters. The first-order valence-electron chi connectivity index (χ1n) is 9.96. The summed E-state index contributed by atoms with van der Waals surface area (Å²) in [4.78, 5) is 28.0. The van der Waals surface area contributed by atoms with E-state index in [4.69, 9.17) is 9.15 Å². The first kappa shape index (κ1) is 22.1. The van der Waals surface area contributed by atoms with Gasteiger partial charge in [-0.2, -0.15) is 0 Å². The van der Waals surface area contributed by atoms with Crippen molar-refractivity contribution < 1.29 is 23.1 Å². The first-order valence-corrected chi connectivity index (χ1v) is 11.7. The second kappa shape index (κ2) is 9.58. The monoisotopic (exact) mass is 473 g/mol. The van der Waals surface area contributed by atoms with Gasteiger partial charge in [0.15, 0.2) is 6.61 Å². The second-order valence-electron chi connectivity index (χ2n) is 7.04. The summed E-state index contributed by atoms with van der Waals surface area (Å²) >= 11 is 2.63. The van der Waals surface area contributed by atoms with Crippen LogP contribution < -0.4 is 0 Å². The van der Waals surface area contributed by atoms with Gasteiger partial charge in [0.25, 0.3) is 11.8 Å². The third kappa shape index (κ3) is 4.56. The van der Waals surface area contributed by atoms with E-state index in [0.717, 1.165) is 16.2 Å². The Morgan fingerprint density at radius 1 is 1.22 bits per heavy atom. The molecule has 0 atom stereocenters. The number of fused-ring (bicyclic) bond motifs is 1. The summed E-state index contributed by atoms with van der Waals surface area (Å²) in [5.74, 6) is -0.705. The third-order valence-electron chi connectivity index (χ3n) is 4.79. The molecule has 0 aliphatic rings. The summed E-state index contributed by atoms with van der Waals surface area (Å²) in [7, 11) is 0. The van der Waals surface area contributed by atoms with E-state index < -0.39 is 12.6 Å². The number of hydrogen-bond acceptors (Lipinski definition) is 8. The van der Waals surface area contributed by atoms with Crippen molar-refractivity contribution in [3.8, 4) is 10.8 Å². The molecule has 3 aromatic heterocycles. The number of aromatic nitrogens is 2. The van der Waals surface area contributed by atoms with Crippen molar-refractivity contribution in [1.29, 1.82) is 0 Å². The number of rotatable bonds is 8. The maximum Gasteiger partial charge on any atom is 0.349 e. The number of carbonyl (C=O) groups excluding carboxylic acids is 2. The number of thiophene rings is 2. The van der Waals surface area contributed by atoms with Gasteiger partial charge in [0.05, 0.1) is 11.4 Å². The fraction of sp³-hybridized carbons (Fsp3) is 0.273. The largest absolute Gasteiger partial charge is 0.451 e. The highest BCUT2D eigenvalue weighted by Crippen LogP contribution is 2.33. The molecule has 0 spiro atoms. The van der Waals surface area contributed by atoms with E-state index in [9.17, 15) is 14.0 Å². The number of carbonyl (C=O) groups is 2. The number of esters is 1. The highest BCUT2D eigenvalue weighted by Gasteiger charge is 2.22. The summed E-state index contributed by atoms with van der Waals surface area (Å²) in [6, 6.07) is 8.45. The normalized spacial score (nSPS) is 11.1. The average molecular weight is 474 g/mol. The molecule has 0 radical (unpaired) electrons. The number of amides is 1. The van der Waals surface area contributed by atoms with Gasteiger partial charge in [0.2, 0.25) is 5.89 Å². The quantitative estimate of drug-likeness (QED) is 0.333. The van der Waals surface area contributed by atoms with E-state index in [-0.39, 0.29) is 23.1 Å². The fourth-order valence-electron chi connectivity index (χ4n) is 3.27. The second-order valence-corrected chi connectivity index (χ2v) is 9.04. The molecule has 0 aliphatic carbocycles. The zero-order valence-electron chi connectivity index (χ0n) is 17.5. The first-order chi connectivity index (χ1) is 15.5. The Morgan fingerprint density at radius 3 is 2.78 bits per heavy atom. The molecule has 1 amide bonds. The molecular weight excluding hydrogens is 453 g/mol. The standard InChI is InChI=1S/C22H20FN3O4S2/c1-3-9-26(11-17-24-25-21(30-17)16-8-5-10-31-16)18(27)12-29-22(28)20-13(2)19-14(23)6-4-7-15(19)32-20/h4-8,10H,3,9,11-12H2,1-2H3. The predicted molar refractivity (Wildman–Crippen MR) is 120 cm³/mol. The molecule has 4 rings (SSSR count). The lowest BCUT2D eigenvalue weighted by Gasteiger charge is -2.20. The summed E-state index contributed by atoms with van der Waals surface area (Å²) in [6.45, 7) is 3.74. The molecule has 0 fully saturated rings. The molecule has 166 valence electrons. The van der Waals surface area contributed by atoms with Gasteiger partial charge in [0, 0.05) is 16.6 Å². The van der Waals surface area contributed by atoms with Crippen molar-refractivity contribution in [1.82, 2.24) is 15.1 Å². The highest BCUT2D eigenvalue weighted by atomic mass is 32.1. The predicted octanol–water partition coefficient (Wildman–Crippen LogP) is 5.06. The molecule has 3 heterocycles. The minimum Gasteiger partial charge on any atom is -0.451 e. The Kier molecular flexibility index (Phi) is 6.61. The van der Waals surface area contributed by atoms with Crippen molar-refractivity contribution in [2.75, 3.05) is 13.2 Å². The van der Waals surface area contributed by atoms with Crippen LogP contribution in [0.1, 0.15) is 34.5 Å². The van der Waals surface area contributed by atoms with E-state index in [2.05, 4.69) is 10.2 Å². The minimum absolute atomic E-state index is 0.121. The molecule has 0 bridgehead atoms. The third-order valence-corrected chi connectivity index (χ3v) is 6.88. The number of benzene rings is 1. The Balaban J connectivity index is 1.41. The van der Waals surface area contributed by atoms with Crippen molar-refractivity contribution >= 4 is 44.6 Å². The molecule has 4 aromatic rings. The van der Waals surface area contributed by atoms with Gasteiger partial charge in [0.1, 0.15) is 10.7 Å². The number of ether oxygens (including phenoxy) is 1. The van der Waals surface area contributed by atoms with Gasteiger partial charge in [-0.3, -0.25) is 4.79 Å². The van der Waals surface area contributed by atoms with Crippen molar-refractivity contribution in [2.45, 2.75) is 26.8 Å². The zero-order valence-corrected chi connectivity index (χ0v) is 19.1. The Hall–Kier alpha value is -3.11. The zero-order chi connectivity index (χ0) is 22.7. The summed E-state index contributed by atoms with van der Waals surface area (Å²) < 4.78 is 25.7. The van der Waals surface area contributed by atoms with Crippen LogP contribution in [0.2, 0.25) is 0 Å². The Bertz CT molecular complexity index is 1250. The van der Waals surface area contributed by atoms with Crippen LogP contribution in [-0.2, 0) is 16.1 Å². The van der Waals surface area contributed by atoms with Gasteiger partial charge in [-0.1, -0.05) is 19.1 Å². The Labute approximate surface area is 191 Å². The van der Waals surface area contributed by atoms with Crippen molar-refractivity contribution in [2.24, 2.45) is 0 Å². The van der Waals surface area contributed by atoms with E-state index in [0.29, 0.717) is 40.4 Å². The SMILES string of the molecule is CCCN(Cc1nnc(-c2cccs2)o1)C(=O)COC(=O)c1sc2cccc(F)c2c1C. The maximum atomic E-state index is 14.1. The van der Waals surface area contributed by atoms with Gasteiger partial charge in [-0.25, -0.2) is 9.18 Å². The number of nitrogens with zero attached hydrogens (tertiary/aromatic N) is 3. The lowest BCUT2D eigenvalue weighted by Crippen LogP contribution is -2.35. The fourth-order valence-corrected chi connectivity index (χ4v) is 5.04.